The van der Waals surface area contributed by atoms with Gasteiger partial charge in [0.15, 0.2) is 0 Å². The molecule has 0 aromatic heterocycles. The number of carbonyl (C=O) groups excluding carboxylic acids is 2. The normalized spacial score (nSPS) is 13.8. The Morgan fingerprint density at radius 2 is 1.58 bits per heavy atom. The zero-order valence-corrected chi connectivity index (χ0v) is 16.3. The number of hydrogen-bond donors (Lipinski definition) is 1. The molecule has 3 aromatic rings. The lowest BCUT2D eigenvalue weighted by atomic mass is 9.95. The Labute approximate surface area is 165 Å². The van der Waals surface area contributed by atoms with Gasteiger partial charge in [-0.15, -0.1) is 0 Å². The van der Waals surface area contributed by atoms with Crippen LogP contribution in [0.4, 0.5) is 0 Å². The topological polar surface area (TPSA) is 70.0 Å². The predicted molar refractivity (Wildman–Crippen MR) is 106 cm³/mol. The highest BCUT2D eigenvalue weighted by molar-refractivity contribution is 9.11. The number of phenols is 1. The molecule has 1 N–H and O–H groups in total. The van der Waals surface area contributed by atoms with Gasteiger partial charge in [-0.25, -0.2) is 0 Å². The molecule has 0 aliphatic carbocycles. The first-order valence-electron chi connectivity index (χ1n) is 7.60. The first-order valence-corrected chi connectivity index (χ1v) is 9.18. The number of nitrogens with zero attached hydrogens (tertiary/aromatic N) is 2. The van der Waals surface area contributed by atoms with Crippen LogP contribution in [0, 0.1) is 0 Å². The van der Waals surface area contributed by atoms with Crippen molar-refractivity contribution in [2.24, 2.45) is 5.10 Å². The maximum atomic E-state index is 12.8. The van der Waals surface area contributed by atoms with Gasteiger partial charge >= 0.3 is 0 Å². The quantitative estimate of drug-likeness (QED) is 0.433. The minimum atomic E-state index is -0.496. The third-order valence-electron chi connectivity index (χ3n) is 4.12. The third kappa shape index (κ3) is 2.64. The first-order chi connectivity index (χ1) is 12.5. The number of hydrazone groups is 1. The number of halogens is 2. The Morgan fingerprint density at radius 3 is 2.19 bits per heavy atom. The van der Waals surface area contributed by atoms with Crippen LogP contribution >= 0.6 is 31.9 Å². The van der Waals surface area contributed by atoms with Crippen LogP contribution in [0.3, 0.4) is 0 Å². The highest BCUT2D eigenvalue weighted by atomic mass is 79.9. The van der Waals surface area contributed by atoms with Gasteiger partial charge in [-0.3, -0.25) is 9.59 Å². The Morgan fingerprint density at radius 1 is 0.962 bits per heavy atom. The van der Waals surface area contributed by atoms with E-state index in [-0.39, 0.29) is 5.75 Å². The van der Waals surface area contributed by atoms with E-state index in [0.717, 1.165) is 14.9 Å². The van der Waals surface area contributed by atoms with Gasteiger partial charge in [0.05, 0.1) is 21.8 Å². The van der Waals surface area contributed by atoms with Crippen LogP contribution in [-0.2, 0) is 0 Å². The summed E-state index contributed by atoms with van der Waals surface area (Å²) in [5, 5.41) is 16.5. The molecule has 0 saturated heterocycles. The van der Waals surface area contributed by atoms with E-state index < -0.39 is 11.8 Å². The molecule has 1 aliphatic heterocycles. The van der Waals surface area contributed by atoms with Gasteiger partial charge in [0.2, 0.25) is 0 Å². The molecule has 0 saturated carbocycles. The van der Waals surface area contributed by atoms with Crippen molar-refractivity contribution in [1.82, 2.24) is 5.01 Å². The fraction of sp³-hybridized carbons (Fsp3) is 0. The molecule has 0 radical (unpaired) electrons. The summed E-state index contributed by atoms with van der Waals surface area (Å²) in [6.07, 6.45) is 1.29. The van der Waals surface area contributed by atoms with Crippen LogP contribution in [0.5, 0.6) is 5.75 Å². The van der Waals surface area contributed by atoms with Gasteiger partial charge in [0.25, 0.3) is 11.8 Å². The molecule has 0 fully saturated rings. The molecule has 0 spiro atoms. The molecule has 128 valence electrons. The van der Waals surface area contributed by atoms with Crippen LogP contribution in [0.15, 0.2) is 62.6 Å². The average molecular weight is 474 g/mol. The molecule has 0 atom stereocenters. The summed E-state index contributed by atoms with van der Waals surface area (Å²) in [6.45, 7) is 0. The van der Waals surface area contributed by atoms with Crippen molar-refractivity contribution in [3.63, 3.8) is 0 Å². The van der Waals surface area contributed by atoms with Crippen molar-refractivity contribution in [3.05, 3.63) is 74.2 Å². The van der Waals surface area contributed by atoms with Crippen molar-refractivity contribution in [3.8, 4) is 5.75 Å². The number of hydrogen-bond acceptors (Lipinski definition) is 4. The summed E-state index contributed by atoms with van der Waals surface area (Å²) in [4.78, 5) is 25.5. The van der Waals surface area contributed by atoms with Gasteiger partial charge in [0.1, 0.15) is 5.75 Å². The van der Waals surface area contributed by atoms with Gasteiger partial charge in [-0.2, -0.15) is 10.1 Å². The van der Waals surface area contributed by atoms with E-state index in [9.17, 15) is 14.7 Å². The first kappa shape index (κ1) is 16.9. The fourth-order valence-corrected chi connectivity index (χ4v) is 4.19. The van der Waals surface area contributed by atoms with Crippen LogP contribution < -0.4 is 0 Å². The van der Waals surface area contributed by atoms with Crippen LogP contribution in [0.25, 0.3) is 10.8 Å². The molecule has 1 heterocycles. The van der Waals surface area contributed by atoms with E-state index in [4.69, 9.17) is 0 Å². The molecule has 4 rings (SSSR count). The summed E-state index contributed by atoms with van der Waals surface area (Å²) < 4.78 is 1.19. The minimum Gasteiger partial charge on any atom is -0.506 e. The number of carbonyl (C=O) groups is 2. The molecular weight excluding hydrogens is 464 g/mol. The van der Waals surface area contributed by atoms with Crippen LogP contribution in [0.2, 0.25) is 0 Å². The average Bonchev–Trinajstić information content (AvgIpc) is 2.63. The Balaban J connectivity index is 1.80. The zero-order valence-electron chi connectivity index (χ0n) is 13.1. The highest BCUT2D eigenvalue weighted by Gasteiger charge is 2.32. The largest absolute Gasteiger partial charge is 0.506 e. The molecule has 3 aromatic carbocycles. The number of benzene rings is 3. The van der Waals surface area contributed by atoms with Crippen LogP contribution in [0.1, 0.15) is 26.3 Å². The van der Waals surface area contributed by atoms with E-state index in [1.807, 2.05) is 12.1 Å². The summed E-state index contributed by atoms with van der Waals surface area (Å²) in [5.74, 6) is -1.02. The van der Waals surface area contributed by atoms with Gasteiger partial charge < -0.3 is 5.11 Å². The summed E-state index contributed by atoms with van der Waals surface area (Å²) >= 11 is 6.57. The van der Waals surface area contributed by atoms with Gasteiger partial charge in [-0.1, -0.05) is 40.2 Å². The monoisotopic (exact) mass is 472 g/mol. The minimum absolute atomic E-state index is 0.0311. The second-order valence-corrected chi connectivity index (χ2v) is 7.47. The summed E-state index contributed by atoms with van der Waals surface area (Å²) in [5.41, 5.74) is 1.22. The van der Waals surface area contributed by atoms with E-state index in [1.165, 1.54) is 6.21 Å². The highest BCUT2D eigenvalue weighted by Crippen LogP contribution is 2.32. The molecule has 1 aliphatic rings. The lowest BCUT2D eigenvalue weighted by Crippen LogP contribution is -2.36. The molecular formula is C19H10Br2N2O3. The molecule has 26 heavy (non-hydrogen) atoms. The summed E-state index contributed by atoms with van der Waals surface area (Å²) in [7, 11) is 0. The number of aromatic hydroxyl groups is 1. The van der Waals surface area contributed by atoms with Crippen molar-refractivity contribution in [2.45, 2.75) is 0 Å². The maximum absolute atomic E-state index is 12.8. The van der Waals surface area contributed by atoms with E-state index >= 15 is 0 Å². The molecule has 7 heteroatoms. The standard InChI is InChI=1S/C19H10Br2N2O3/c20-12-7-11(17(24)15(21)8-12)9-22-23-18(25)13-5-1-3-10-4-2-6-14(16(10)13)19(23)26/h1-9,24H/b22-9-. The lowest BCUT2D eigenvalue weighted by molar-refractivity contribution is 0.0616. The second-order valence-electron chi connectivity index (χ2n) is 5.70. The molecule has 0 bridgehead atoms. The number of imide groups is 1. The van der Waals surface area contributed by atoms with Crippen molar-refractivity contribution in [1.29, 1.82) is 0 Å². The molecule has 5 nitrogen and oxygen atoms in total. The van der Waals surface area contributed by atoms with Gasteiger partial charge in [-0.05, 0) is 45.6 Å². The van der Waals surface area contributed by atoms with E-state index in [0.29, 0.717) is 26.5 Å². The second kappa shape index (κ2) is 6.34. The molecule has 0 unspecified atom stereocenters. The van der Waals surface area contributed by atoms with E-state index in [1.54, 1.807) is 36.4 Å². The lowest BCUT2D eigenvalue weighted by Gasteiger charge is -2.23. The van der Waals surface area contributed by atoms with Gasteiger partial charge in [0, 0.05) is 15.4 Å². The van der Waals surface area contributed by atoms with Crippen molar-refractivity contribution in [2.75, 3.05) is 0 Å². The Hall–Kier alpha value is -2.51. The van der Waals surface area contributed by atoms with Crippen LogP contribution in [-0.4, -0.2) is 28.1 Å². The van der Waals surface area contributed by atoms with Crippen molar-refractivity contribution >= 4 is 60.7 Å². The smallest absolute Gasteiger partial charge is 0.282 e. The van der Waals surface area contributed by atoms with Crippen molar-refractivity contribution < 1.29 is 14.7 Å². The Kier molecular flexibility index (Phi) is 4.13. The maximum Gasteiger partial charge on any atom is 0.282 e. The molecule has 2 amide bonds. The Bertz CT molecular complexity index is 1070. The fourth-order valence-electron chi connectivity index (χ4n) is 2.93. The van der Waals surface area contributed by atoms with E-state index in [2.05, 4.69) is 37.0 Å². The predicted octanol–water partition coefficient (Wildman–Crippen LogP) is 4.70. The summed E-state index contributed by atoms with van der Waals surface area (Å²) in [6, 6.07) is 13.9. The zero-order chi connectivity index (χ0) is 18.4. The SMILES string of the molecule is O=C1c2cccc3cccc(c23)C(=O)N1/N=C\c1cc(Br)cc(Br)c1O. The third-order valence-corrected chi connectivity index (χ3v) is 5.18. The number of phenolic OH excluding ortho intramolecular Hbond substituents is 1. The number of rotatable bonds is 2. The number of amides is 2.